The second-order valence-corrected chi connectivity index (χ2v) is 6.07. The Morgan fingerprint density at radius 3 is 2.52 bits per heavy atom. The molecule has 0 aliphatic heterocycles. The largest absolute Gasteiger partial charge is 0.456 e. The Bertz CT molecular complexity index is 998. The predicted molar refractivity (Wildman–Crippen MR) is 98.4 cm³/mol. The van der Waals surface area contributed by atoms with Crippen molar-refractivity contribution in [1.29, 1.82) is 5.26 Å². The topological polar surface area (TPSA) is 80.1 Å². The van der Waals surface area contributed by atoms with Crippen molar-refractivity contribution >= 4 is 33.3 Å². The van der Waals surface area contributed by atoms with Crippen LogP contribution in [-0.2, 0) is 0 Å². The van der Waals surface area contributed by atoms with Crippen LogP contribution in [0.1, 0.15) is 11.3 Å². The summed E-state index contributed by atoms with van der Waals surface area (Å²) in [7, 11) is 0. The SMILES string of the molecule is N#C/C(=C/c1ccc(-c2ccccc2[N+](=O)[O-])o1)c1ccc(Br)cc1. The van der Waals surface area contributed by atoms with Crippen LogP contribution in [0.15, 0.2) is 69.6 Å². The van der Waals surface area contributed by atoms with Gasteiger partial charge in [0.2, 0.25) is 0 Å². The molecule has 0 radical (unpaired) electrons. The van der Waals surface area contributed by atoms with Gasteiger partial charge in [0.25, 0.3) is 5.69 Å². The lowest BCUT2D eigenvalue weighted by atomic mass is 10.1. The quantitative estimate of drug-likeness (QED) is 0.323. The number of hydrogen-bond donors (Lipinski definition) is 0. The van der Waals surface area contributed by atoms with E-state index in [9.17, 15) is 15.4 Å². The molecule has 0 saturated carbocycles. The van der Waals surface area contributed by atoms with Gasteiger partial charge in [-0.25, -0.2) is 0 Å². The number of rotatable bonds is 4. The summed E-state index contributed by atoms with van der Waals surface area (Å²) < 4.78 is 6.62. The van der Waals surface area contributed by atoms with E-state index < -0.39 is 4.92 Å². The maximum absolute atomic E-state index is 11.1. The Kier molecular flexibility index (Phi) is 4.78. The minimum atomic E-state index is -0.449. The van der Waals surface area contributed by atoms with Gasteiger partial charge in [0.1, 0.15) is 11.5 Å². The lowest BCUT2D eigenvalue weighted by molar-refractivity contribution is -0.384. The third kappa shape index (κ3) is 3.67. The number of furan rings is 1. The van der Waals surface area contributed by atoms with Gasteiger partial charge in [-0.15, -0.1) is 0 Å². The van der Waals surface area contributed by atoms with Crippen LogP contribution in [0.5, 0.6) is 0 Å². The van der Waals surface area contributed by atoms with Crippen molar-refractivity contribution in [2.45, 2.75) is 0 Å². The van der Waals surface area contributed by atoms with Gasteiger partial charge in [-0.2, -0.15) is 5.26 Å². The molecule has 122 valence electrons. The van der Waals surface area contributed by atoms with Gasteiger partial charge in [0.05, 0.1) is 22.1 Å². The molecular weight excluding hydrogens is 384 g/mol. The molecule has 0 unspecified atom stereocenters. The van der Waals surface area contributed by atoms with Gasteiger partial charge in [0.15, 0.2) is 0 Å². The number of nitro benzene ring substituents is 1. The Balaban J connectivity index is 1.98. The van der Waals surface area contributed by atoms with E-state index in [2.05, 4.69) is 22.0 Å². The first-order valence-corrected chi connectivity index (χ1v) is 8.09. The molecule has 0 aliphatic rings. The fourth-order valence-corrected chi connectivity index (χ4v) is 2.63. The molecule has 0 N–H and O–H groups in total. The Hall–Kier alpha value is -3.17. The zero-order valence-electron chi connectivity index (χ0n) is 12.8. The lowest BCUT2D eigenvalue weighted by Crippen LogP contribution is -1.90. The third-order valence-electron chi connectivity index (χ3n) is 3.56. The molecule has 5 nitrogen and oxygen atoms in total. The number of halogens is 1. The van der Waals surface area contributed by atoms with Crippen LogP contribution in [0.3, 0.4) is 0 Å². The second-order valence-electron chi connectivity index (χ2n) is 5.15. The zero-order chi connectivity index (χ0) is 17.8. The molecule has 1 heterocycles. The fourth-order valence-electron chi connectivity index (χ4n) is 2.37. The minimum Gasteiger partial charge on any atom is -0.456 e. The highest BCUT2D eigenvalue weighted by molar-refractivity contribution is 9.10. The summed E-state index contributed by atoms with van der Waals surface area (Å²) in [5, 5.41) is 20.5. The van der Waals surface area contributed by atoms with Crippen LogP contribution in [0.4, 0.5) is 5.69 Å². The van der Waals surface area contributed by atoms with Gasteiger partial charge in [-0.3, -0.25) is 10.1 Å². The average molecular weight is 395 g/mol. The molecule has 1 aromatic heterocycles. The summed E-state index contributed by atoms with van der Waals surface area (Å²) in [6.07, 6.45) is 1.61. The Morgan fingerprint density at radius 1 is 1.12 bits per heavy atom. The summed E-state index contributed by atoms with van der Waals surface area (Å²) in [5.74, 6) is 0.833. The molecule has 25 heavy (non-hydrogen) atoms. The van der Waals surface area contributed by atoms with Crippen molar-refractivity contribution < 1.29 is 9.34 Å². The molecule has 6 heteroatoms. The van der Waals surface area contributed by atoms with Crippen molar-refractivity contribution in [3.63, 3.8) is 0 Å². The van der Waals surface area contributed by atoms with Crippen LogP contribution in [0, 0.1) is 21.4 Å². The number of nitrogens with zero attached hydrogens (tertiary/aromatic N) is 2. The molecule has 0 fully saturated rings. The monoisotopic (exact) mass is 394 g/mol. The third-order valence-corrected chi connectivity index (χ3v) is 4.08. The van der Waals surface area contributed by atoms with Crippen molar-refractivity contribution in [2.24, 2.45) is 0 Å². The first-order valence-electron chi connectivity index (χ1n) is 7.30. The summed E-state index contributed by atoms with van der Waals surface area (Å²) in [6, 6.07) is 19.2. The normalized spacial score (nSPS) is 11.1. The Labute approximate surface area is 152 Å². The maximum atomic E-state index is 11.1. The van der Waals surface area contributed by atoms with E-state index in [1.807, 2.05) is 24.3 Å². The van der Waals surface area contributed by atoms with E-state index in [4.69, 9.17) is 4.42 Å². The van der Waals surface area contributed by atoms with Gasteiger partial charge in [-0.05, 0) is 42.0 Å². The highest BCUT2D eigenvalue weighted by atomic mass is 79.9. The highest BCUT2D eigenvalue weighted by Crippen LogP contribution is 2.31. The summed E-state index contributed by atoms with van der Waals surface area (Å²) in [6.45, 7) is 0. The minimum absolute atomic E-state index is 0.0270. The number of benzene rings is 2. The second kappa shape index (κ2) is 7.16. The number of nitriles is 1. The molecule has 0 atom stereocenters. The van der Waals surface area contributed by atoms with E-state index in [0.717, 1.165) is 10.0 Å². The van der Waals surface area contributed by atoms with Crippen LogP contribution < -0.4 is 0 Å². The van der Waals surface area contributed by atoms with E-state index in [-0.39, 0.29) is 5.69 Å². The number of nitro groups is 1. The first-order chi connectivity index (χ1) is 12.1. The van der Waals surface area contributed by atoms with Gasteiger partial charge >= 0.3 is 0 Å². The van der Waals surface area contributed by atoms with Crippen LogP contribution in [0.25, 0.3) is 23.0 Å². The van der Waals surface area contributed by atoms with E-state index >= 15 is 0 Å². The first kappa shape index (κ1) is 16.7. The lowest BCUT2D eigenvalue weighted by Gasteiger charge is -2.00. The van der Waals surface area contributed by atoms with Crippen LogP contribution >= 0.6 is 15.9 Å². The summed E-state index contributed by atoms with van der Waals surface area (Å²) in [4.78, 5) is 10.7. The molecule has 3 rings (SSSR count). The molecule has 3 aromatic rings. The molecule has 2 aromatic carbocycles. The Morgan fingerprint density at radius 2 is 1.84 bits per heavy atom. The van der Waals surface area contributed by atoms with E-state index in [1.165, 1.54) is 6.07 Å². The van der Waals surface area contributed by atoms with Crippen molar-refractivity contribution in [3.05, 3.63) is 86.6 Å². The van der Waals surface area contributed by atoms with Gasteiger partial charge in [-0.1, -0.05) is 40.2 Å². The number of hydrogen-bond acceptors (Lipinski definition) is 4. The molecule has 0 amide bonds. The van der Waals surface area contributed by atoms with Crippen molar-refractivity contribution in [3.8, 4) is 17.4 Å². The van der Waals surface area contributed by atoms with Gasteiger partial charge < -0.3 is 4.42 Å². The summed E-state index contributed by atoms with van der Waals surface area (Å²) in [5.41, 5.74) is 1.57. The molecule has 0 bridgehead atoms. The predicted octanol–water partition coefficient (Wildman–Crippen LogP) is 5.68. The van der Waals surface area contributed by atoms with Crippen LogP contribution in [-0.4, -0.2) is 4.92 Å². The molecular formula is C19H11BrN2O3. The standard InChI is InChI=1S/C19H11BrN2O3/c20-15-7-5-13(6-8-15)14(12-21)11-16-9-10-19(25-16)17-3-1-2-4-18(17)22(23)24/h1-11H/b14-11-. The maximum Gasteiger partial charge on any atom is 0.280 e. The smallest absolute Gasteiger partial charge is 0.280 e. The zero-order valence-corrected chi connectivity index (χ0v) is 14.4. The molecule has 0 saturated heterocycles. The molecule has 0 spiro atoms. The van der Waals surface area contributed by atoms with Gasteiger partial charge in [0, 0.05) is 10.5 Å². The summed E-state index contributed by atoms with van der Waals surface area (Å²) >= 11 is 3.36. The van der Waals surface area contributed by atoms with E-state index in [0.29, 0.717) is 22.7 Å². The highest BCUT2D eigenvalue weighted by Gasteiger charge is 2.17. The average Bonchev–Trinajstić information content (AvgIpc) is 3.09. The van der Waals surface area contributed by atoms with Crippen molar-refractivity contribution in [2.75, 3.05) is 0 Å². The van der Waals surface area contributed by atoms with E-state index in [1.54, 1.807) is 36.4 Å². The van der Waals surface area contributed by atoms with Crippen LogP contribution in [0.2, 0.25) is 0 Å². The fraction of sp³-hybridized carbons (Fsp3) is 0. The van der Waals surface area contributed by atoms with Crippen molar-refractivity contribution in [1.82, 2.24) is 0 Å². The number of allylic oxidation sites excluding steroid dienone is 1. The molecule has 0 aliphatic carbocycles. The number of para-hydroxylation sites is 1.